The van der Waals surface area contributed by atoms with Crippen LogP contribution < -0.4 is 10.2 Å². The van der Waals surface area contributed by atoms with Gasteiger partial charge in [0.25, 0.3) is 5.91 Å². The number of cyclic esters (lactones) is 1. The number of hydrogen-bond acceptors (Lipinski definition) is 4. The first kappa shape index (κ1) is 17.8. The Morgan fingerprint density at radius 1 is 1.18 bits per heavy atom. The number of rotatable bonds is 5. The van der Waals surface area contributed by atoms with Crippen LogP contribution in [0.5, 0.6) is 0 Å². The lowest BCUT2D eigenvalue weighted by Crippen LogP contribution is -2.27. The number of amides is 2. The van der Waals surface area contributed by atoms with Crippen LogP contribution in [0.2, 0.25) is 0 Å². The first-order valence-corrected chi connectivity index (χ1v) is 9.05. The van der Waals surface area contributed by atoms with E-state index in [2.05, 4.69) is 10.3 Å². The average molecular weight is 376 g/mol. The van der Waals surface area contributed by atoms with Crippen LogP contribution in [-0.2, 0) is 4.74 Å². The molecule has 1 atom stereocenters. The lowest BCUT2D eigenvalue weighted by atomic mass is 10.1. The number of aromatic nitrogens is 2. The minimum Gasteiger partial charge on any atom is -0.447 e. The summed E-state index contributed by atoms with van der Waals surface area (Å²) in [6.07, 6.45) is 4.96. The van der Waals surface area contributed by atoms with Crippen molar-refractivity contribution in [3.8, 4) is 5.69 Å². The highest BCUT2D eigenvalue weighted by molar-refractivity contribution is 5.97. The van der Waals surface area contributed by atoms with Gasteiger partial charge in [-0.2, -0.15) is 0 Å². The summed E-state index contributed by atoms with van der Waals surface area (Å²) in [5.41, 5.74) is 3.16. The van der Waals surface area contributed by atoms with Gasteiger partial charge in [-0.05, 0) is 42.8 Å². The van der Waals surface area contributed by atoms with Gasteiger partial charge in [-0.25, -0.2) is 9.78 Å². The summed E-state index contributed by atoms with van der Waals surface area (Å²) in [7, 11) is 0. The van der Waals surface area contributed by atoms with E-state index in [0.29, 0.717) is 24.4 Å². The van der Waals surface area contributed by atoms with Crippen molar-refractivity contribution in [3.05, 3.63) is 78.4 Å². The summed E-state index contributed by atoms with van der Waals surface area (Å²) in [5.74, 6) is -0.194. The minimum atomic E-state index is -0.385. The van der Waals surface area contributed by atoms with Gasteiger partial charge in [0.1, 0.15) is 6.61 Å². The Kier molecular flexibility index (Phi) is 4.80. The topological polar surface area (TPSA) is 76.5 Å². The van der Waals surface area contributed by atoms with Crippen molar-refractivity contribution in [1.29, 1.82) is 0 Å². The van der Waals surface area contributed by atoms with Crippen LogP contribution in [0.3, 0.4) is 0 Å². The number of nitrogens with zero attached hydrogens (tertiary/aromatic N) is 3. The van der Waals surface area contributed by atoms with Crippen molar-refractivity contribution in [2.24, 2.45) is 0 Å². The van der Waals surface area contributed by atoms with E-state index in [1.54, 1.807) is 36.8 Å². The molecule has 142 valence electrons. The number of carbonyl (C=O) groups is 2. The van der Waals surface area contributed by atoms with Crippen molar-refractivity contribution in [2.45, 2.75) is 13.0 Å². The molecule has 7 nitrogen and oxygen atoms in total. The van der Waals surface area contributed by atoms with E-state index in [4.69, 9.17) is 4.74 Å². The molecular formula is C21H20N4O3. The summed E-state index contributed by atoms with van der Waals surface area (Å²) >= 11 is 0. The summed E-state index contributed by atoms with van der Waals surface area (Å²) in [6, 6.07) is 14.8. The van der Waals surface area contributed by atoms with Crippen LogP contribution in [0, 0.1) is 0 Å². The minimum absolute atomic E-state index is 0.162. The highest BCUT2D eigenvalue weighted by atomic mass is 16.6. The van der Waals surface area contributed by atoms with Crippen LogP contribution in [0.25, 0.3) is 5.69 Å². The van der Waals surface area contributed by atoms with E-state index in [0.717, 1.165) is 11.3 Å². The Hall–Kier alpha value is -3.61. The Morgan fingerprint density at radius 2 is 2.00 bits per heavy atom. The fourth-order valence-electron chi connectivity index (χ4n) is 3.15. The molecule has 0 saturated carbocycles. The highest BCUT2D eigenvalue weighted by Crippen LogP contribution is 2.21. The molecule has 0 radical (unpaired) electrons. The van der Waals surface area contributed by atoms with E-state index in [1.807, 2.05) is 42.0 Å². The second-order valence-corrected chi connectivity index (χ2v) is 6.57. The van der Waals surface area contributed by atoms with Crippen LogP contribution in [0.4, 0.5) is 10.5 Å². The molecule has 0 aliphatic carbocycles. The van der Waals surface area contributed by atoms with Crippen LogP contribution in [0.15, 0.2) is 67.3 Å². The van der Waals surface area contributed by atoms with E-state index < -0.39 is 0 Å². The van der Waals surface area contributed by atoms with Crippen molar-refractivity contribution >= 4 is 17.7 Å². The van der Waals surface area contributed by atoms with Crippen molar-refractivity contribution in [3.63, 3.8) is 0 Å². The predicted molar refractivity (Wildman–Crippen MR) is 105 cm³/mol. The molecule has 28 heavy (non-hydrogen) atoms. The molecule has 2 amide bonds. The number of carbonyl (C=O) groups excluding carboxylic acids is 2. The van der Waals surface area contributed by atoms with Gasteiger partial charge in [-0.15, -0.1) is 0 Å². The SMILES string of the molecule is CC(NC(=O)c1cccc(N2CCOC2=O)c1)c1ccc(-n2ccnc2)cc1. The van der Waals surface area contributed by atoms with Gasteiger partial charge in [0.15, 0.2) is 0 Å². The number of nitrogens with one attached hydrogen (secondary N) is 1. The van der Waals surface area contributed by atoms with E-state index in [-0.39, 0.29) is 18.0 Å². The lowest BCUT2D eigenvalue weighted by molar-refractivity contribution is 0.0940. The third-order valence-corrected chi connectivity index (χ3v) is 4.72. The first-order valence-electron chi connectivity index (χ1n) is 9.05. The largest absolute Gasteiger partial charge is 0.447 e. The van der Waals surface area contributed by atoms with Gasteiger partial charge in [-0.1, -0.05) is 18.2 Å². The molecule has 1 aliphatic heterocycles. The summed E-state index contributed by atoms with van der Waals surface area (Å²) in [5, 5.41) is 3.00. The molecule has 1 unspecified atom stereocenters. The van der Waals surface area contributed by atoms with Gasteiger partial charge in [-0.3, -0.25) is 9.69 Å². The molecule has 0 spiro atoms. The third kappa shape index (κ3) is 3.59. The molecular weight excluding hydrogens is 356 g/mol. The number of anilines is 1. The Morgan fingerprint density at radius 3 is 2.68 bits per heavy atom. The molecule has 7 heteroatoms. The average Bonchev–Trinajstić information content (AvgIpc) is 3.40. The monoisotopic (exact) mass is 376 g/mol. The first-order chi connectivity index (χ1) is 13.6. The normalized spacial score (nSPS) is 14.6. The highest BCUT2D eigenvalue weighted by Gasteiger charge is 2.24. The zero-order chi connectivity index (χ0) is 19.5. The molecule has 1 aliphatic rings. The van der Waals surface area contributed by atoms with Gasteiger partial charge in [0, 0.05) is 29.3 Å². The van der Waals surface area contributed by atoms with Gasteiger partial charge in [0.05, 0.1) is 18.9 Å². The molecule has 3 aromatic rings. The summed E-state index contributed by atoms with van der Waals surface area (Å²) in [6.45, 7) is 2.79. The zero-order valence-electron chi connectivity index (χ0n) is 15.4. The number of benzene rings is 2. The molecule has 4 rings (SSSR count). The molecule has 0 bridgehead atoms. The second kappa shape index (κ2) is 7.56. The zero-order valence-corrected chi connectivity index (χ0v) is 15.4. The molecule has 1 saturated heterocycles. The van der Waals surface area contributed by atoms with Gasteiger partial charge in [0.2, 0.25) is 0 Å². The Balaban J connectivity index is 1.45. The molecule has 2 aromatic carbocycles. The second-order valence-electron chi connectivity index (χ2n) is 6.57. The van der Waals surface area contributed by atoms with Crippen molar-refractivity contribution in [2.75, 3.05) is 18.1 Å². The third-order valence-electron chi connectivity index (χ3n) is 4.72. The molecule has 1 N–H and O–H groups in total. The Bertz CT molecular complexity index is 983. The predicted octanol–water partition coefficient (Wildman–Crippen LogP) is 3.32. The maximum Gasteiger partial charge on any atom is 0.414 e. The van der Waals surface area contributed by atoms with Crippen molar-refractivity contribution in [1.82, 2.24) is 14.9 Å². The van der Waals surface area contributed by atoms with Gasteiger partial charge < -0.3 is 14.6 Å². The lowest BCUT2D eigenvalue weighted by Gasteiger charge is -2.17. The van der Waals surface area contributed by atoms with Crippen molar-refractivity contribution < 1.29 is 14.3 Å². The standard InChI is InChI=1S/C21H20N4O3/c1-15(16-5-7-18(8-6-16)24-10-9-22-14-24)23-20(26)17-3-2-4-19(13-17)25-11-12-28-21(25)27/h2-10,13-15H,11-12H2,1H3,(H,23,26). The van der Waals surface area contributed by atoms with Crippen LogP contribution >= 0.6 is 0 Å². The van der Waals surface area contributed by atoms with E-state index in [1.165, 1.54) is 4.90 Å². The number of imidazole rings is 1. The fourth-order valence-corrected chi connectivity index (χ4v) is 3.15. The maximum atomic E-state index is 12.7. The fraction of sp³-hybridized carbons (Fsp3) is 0.190. The maximum absolute atomic E-state index is 12.7. The Labute approximate surface area is 162 Å². The van der Waals surface area contributed by atoms with Crippen LogP contribution in [-0.4, -0.2) is 34.7 Å². The van der Waals surface area contributed by atoms with Crippen LogP contribution in [0.1, 0.15) is 28.9 Å². The molecule has 1 fully saturated rings. The van der Waals surface area contributed by atoms with E-state index in [9.17, 15) is 9.59 Å². The summed E-state index contributed by atoms with van der Waals surface area (Å²) in [4.78, 5) is 30.0. The quantitative estimate of drug-likeness (QED) is 0.741. The smallest absolute Gasteiger partial charge is 0.414 e. The van der Waals surface area contributed by atoms with E-state index >= 15 is 0 Å². The summed E-state index contributed by atoms with van der Waals surface area (Å²) < 4.78 is 6.88. The number of hydrogen-bond donors (Lipinski definition) is 1. The molecule has 2 heterocycles. The molecule has 1 aromatic heterocycles. The van der Waals surface area contributed by atoms with Gasteiger partial charge >= 0.3 is 6.09 Å². The number of ether oxygens (including phenoxy) is 1.